The summed E-state index contributed by atoms with van der Waals surface area (Å²) in [7, 11) is 0. The van der Waals surface area contributed by atoms with Crippen LogP contribution in [0.1, 0.15) is 32.6 Å². The average molecular weight is 457 g/mol. The molecule has 2 aromatic heterocycles. The molecule has 1 N–H and O–H groups in total. The number of benzene rings is 2. The smallest absolute Gasteiger partial charge is 0.164 e. The van der Waals surface area contributed by atoms with Crippen LogP contribution in [0.5, 0.6) is 0 Å². The van der Waals surface area contributed by atoms with Gasteiger partial charge in [0.15, 0.2) is 12.0 Å². The lowest BCUT2D eigenvalue weighted by molar-refractivity contribution is -0.194. The van der Waals surface area contributed by atoms with Crippen LogP contribution in [0, 0.1) is 6.92 Å². The molecule has 7 nitrogen and oxygen atoms in total. The maximum atomic E-state index is 6.37. The second kappa shape index (κ2) is 7.91. The summed E-state index contributed by atoms with van der Waals surface area (Å²) in [4.78, 5) is 9.32. The Kier molecular flexibility index (Phi) is 4.95. The minimum Gasteiger partial charge on any atom is -0.349 e. The zero-order chi connectivity index (χ0) is 23.4. The van der Waals surface area contributed by atoms with Crippen LogP contribution < -0.4 is 5.32 Å². The molecule has 2 fully saturated rings. The van der Waals surface area contributed by atoms with Gasteiger partial charge < -0.3 is 24.1 Å². The van der Waals surface area contributed by atoms with Gasteiger partial charge in [0.25, 0.3) is 0 Å². The van der Waals surface area contributed by atoms with Gasteiger partial charge in [0.2, 0.25) is 0 Å². The van der Waals surface area contributed by atoms with E-state index in [1.807, 2.05) is 39.0 Å². The van der Waals surface area contributed by atoms with Crippen molar-refractivity contribution in [3.63, 3.8) is 0 Å². The molecule has 174 valence electrons. The lowest BCUT2D eigenvalue weighted by atomic mass is 10.1. The van der Waals surface area contributed by atoms with Crippen molar-refractivity contribution in [2.45, 2.75) is 58.0 Å². The number of aromatic nitrogens is 3. The molecule has 0 unspecified atom stereocenters. The molecule has 4 heterocycles. The van der Waals surface area contributed by atoms with E-state index in [2.05, 4.69) is 64.4 Å². The van der Waals surface area contributed by atoms with E-state index in [0.717, 1.165) is 33.7 Å². The summed E-state index contributed by atoms with van der Waals surface area (Å²) in [5.74, 6) is 0.0993. The maximum Gasteiger partial charge on any atom is 0.164 e. The van der Waals surface area contributed by atoms with E-state index in [9.17, 15) is 0 Å². The Bertz CT molecular complexity index is 1330. The van der Waals surface area contributed by atoms with Gasteiger partial charge in [-0.05, 0) is 45.4 Å². The van der Waals surface area contributed by atoms with Crippen LogP contribution in [0.15, 0.2) is 67.1 Å². The third kappa shape index (κ3) is 3.57. The van der Waals surface area contributed by atoms with Crippen LogP contribution in [0.3, 0.4) is 0 Å². The van der Waals surface area contributed by atoms with Gasteiger partial charge in [0, 0.05) is 17.4 Å². The van der Waals surface area contributed by atoms with E-state index in [4.69, 9.17) is 19.2 Å². The standard InChI is InChI=1S/C27H28N4O3/c1-16-10-12-19(13-11-16)30-24-21-20(18-8-6-5-7-9-18)14-31(25(21)29-15-28-24)26-23-22(17(2)32-26)33-27(3,4)34-23/h5-15,17,22-23,26H,1-4H3,(H,28,29,30)/t17-,22-,23-,26-/m1/s1. The third-order valence-electron chi connectivity index (χ3n) is 6.54. The number of rotatable bonds is 4. The van der Waals surface area contributed by atoms with Gasteiger partial charge in [0.1, 0.15) is 30.0 Å². The molecule has 2 aliphatic heterocycles. The van der Waals surface area contributed by atoms with Gasteiger partial charge in [-0.1, -0.05) is 48.0 Å². The zero-order valence-corrected chi connectivity index (χ0v) is 19.7. The number of fused-ring (bicyclic) bond motifs is 2. The number of nitrogens with zero attached hydrogens (tertiary/aromatic N) is 3. The maximum absolute atomic E-state index is 6.37. The minimum atomic E-state index is -0.649. The predicted molar refractivity (Wildman–Crippen MR) is 131 cm³/mol. The lowest BCUT2D eigenvalue weighted by Crippen LogP contribution is -2.27. The number of nitrogens with one attached hydrogen (secondary N) is 1. The summed E-state index contributed by atoms with van der Waals surface area (Å²) in [6.45, 7) is 8.01. The minimum absolute atomic E-state index is 0.0959. The fourth-order valence-electron chi connectivity index (χ4n) is 4.98. The molecule has 7 heteroatoms. The van der Waals surface area contributed by atoms with Crippen molar-refractivity contribution in [3.05, 3.63) is 72.7 Å². The highest BCUT2D eigenvalue weighted by Crippen LogP contribution is 2.45. The first-order chi connectivity index (χ1) is 16.4. The molecule has 2 aliphatic rings. The number of aryl methyl sites for hydroxylation is 1. The van der Waals surface area contributed by atoms with Gasteiger partial charge in [0.05, 0.1) is 11.5 Å². The molecule has 0 radical (unpaired) electrons. The van der Waals surface area contributed by atoms with Crippen molar-refractivity contribution in [2.75, 3.05) is 5.32 Å². The van der Waals surface area contributed by atoms with Crippen molar-refractivity contribution in [2.24, 2.45) is 0 Å². The summed E-state index contributed by atoms with van der Waals surface area (Å²) in [5.41, 5.74) is 5.08. The lowest BCUT2D eigenvalue weighted by Gasteiger charge is -2.24. The summed E-state index contributed by atoms with van der Waals surface area (Å²) in [6.07, 6.45) is 2.88. The second-order valence-electron chi connectivity index (χ2n) is 9.52. The van der Waals surface area contributed by atoms with Gasteiger partial charge >= 0.3 is 0 Å². The first-order valence-electron chi connectivity index (χ1n) is 11.7. The van der Waals surface area contributed by atoms with Gasteiger partial charge in [-0.25, -0.2) is 9.97 Å². The summed E-state index contributed by atoms with van der Waals surface area (Å²) in [6, 6.07) is 18.6. The van der Waals surface area contributed by atoms with E-state index in [0.29, 0.717) is 0 Å². The molecule has 2 aromatic carbocycles. The van der Waals surface area contributed by atoms with E-state index in [-0.39, 0.29) is 24.5 Å². The number of hydrogen-bond acceptors (Lipinski definition) is 6. The monoisotopic (exact) mass is 456 g/mol. The predicted octanol–water partition coefficient (Wildman–Crippen LogP) is 5.59. The molecular weight excluding hydrogens is 428 g/mol. The molecule has 0 bridgehead atoms. The Hall–Kier alpha value is -3.26. The number of anilines is 2. The quantitative estimate of drug-likeness (QED) is 0.432. The van der Waals surface area contributed by atoms with E-state index in [1.165, 1.54) is 5.56 Å². The SMILES string of the molecule is Cc1ccc(Nc2ncnc3c2c(-c2ccccc2)cn3[C@@H]2O[C@H](C)[C@H]3OC(C)(C)O[C@H]32)cc1. The topological polar surface area (TPSA) is 70.4 Å². The highest BCUT2D eigenvalue weighted by atomic mass is 16.8. The van der Waals surface area contributed by atoms with Crippen molar-refractivity contribution >= 4 is 22.5 Å². The van der Waals surface area contributed by atoms with Gasteiger partial charge in [-0.3, -0.25) is 0 Å². The molecule has 4 atom stereocenters. The molecule has 0 saturated carbocycles. The average Bonchev–Trinajstić information content (AvgIpc) is 3.46. The first-order valence-corrected chi connectivity index (χ1v) is 11.7. The van der Waals surface area contributed by atoms with E-state index < -0.39 is 5.79 Å². The molecule has 2 saturated heterocycles. The molecule has 6 rings (SSSR count). The molecule has 0 aliphatic carbocycles. The van der Waals surface area contributed by atoms with Crippen molar-refractivity contribution < 1.29 is 14.2 Å². The molecule has 34 heavy (non-hydrogen) atoms. The van der Waals surface area contributed by atoms with Crippen LogP contribution in [0.4, 0.5) is 11.5 Å². The summed E-state index contributed by atoms with van der Waals surface area (Å²) in [5, 5.41) is 4.43. The third-order valence-corrected chi connectivity index (χ3v) is 6.54. The molecule has 4 aromatic rings. The van der Waals surface area contributed by atoms with Crippen molar-refractivity contribution in [3.8, 4) is 11.1 Å². The molecule has 0 amide bonds. The van der Waals surface area contributed by atoms with E-state index in [1.54, 1.807) is 6.33 Å². The Morgan fingerprint density at radius 2 is 1.68 bits per heavy atom. The Labute approximate surface area is 198 Å². The van der Waals surface area contributed by atoms with Crippen LogP contribution in [0.25, 0.3) is 22.2 Å². The normalized spacial score (nSPS) is 25.5. The zero-order valence-electron chi connectivity index (χ0n) is 19.7. The van der Waals surface area contributed by atoms with Crippen LogP contribution >= 0.6 is 0 Å². The van der Waals surface area contributed by atoms with E-state index >= 15 is 0 Å². The van der Waals surface area contributed by atoms with Crippen LogP contribution in [0.2, 0.25) is 0 Å². The van der Waals surface area contributed by atoms with Crippen LogP contribution in [-0.4, -0.2) is 38.6 Å². The second-order valence-corrected chi connectivity index (χ2v) is 9.52. The highest BCUT2D eigenvalue weighted by molar-refractivity contribution is 6.02. The Balaban J connectivity index is 1.51. The summed E-state index contributed by atoms with van der Waals surface area (Å²) >= 11 is 0. The largest absolute Gasteiger partial charge is 0.349 e. The fourth-order valence-corrected chi connectivity index (χ4v) is 4.98. The summed E-state index contributed by atoms with van der Waals surface area (Å²) < 4.78 is 20.9. The van der Waals surface area contributed by atoms with Gasteiger partial charge in [-0.15, -0.1) is 0 Å². The first kappa shape index (κ1) is 21.3. The molecule has 0 spiro atoms. The Morgan fingerprint density at radius 1 is 0.941 bits per heavy atom. The Morgan fingerprint density at radius 3 is 2.44 bits per heavy atom. The van der Waals surface area contributed by atoms with Gasteiger partial charge in [-0.2, -0.15) is 0 Å². The number of ether oxygens (including phenoxy) is 3. The fraction of sp³-hybridized carbons (Fsp3) is 0.333. The van der Waals surface area contributed by atoms with Crippen molar-refractivity contribution in [1.29, 1.82) is 0 Å². The van der Waals surface area contributed by atoms with Crippen LogP contribution in [-0.2, 0) is 14.2 Å². The van der Waals surface area contributed by atoms with Crippen molar-refractivity contribution in [1.82, 2.24) is 14.5 Å². The number of hydrogen-bond donors (Lipinski definition) is 1. The highest BCUT2D eigenvalue weighted by Gasteiger charge is 2.54. The molecular formula is C27H28N4O3.